The fourth-order valence-corrected chi connectivity index (χ4v) is 4.86. The van der Waals surface area contributed by atoms with Crippen LogP contribution in [0, 0.1) is 6.92 Å². The number of fused-ring (bicyclic) bond motifs is 3. The van der Waals surface area contributed by atoms with Gasteiger partial charge in [-0.2, -0.15) is 0 Å². The van der Waals surface area contributed by atoms with Gasteiger partial charge in [0.15, 0.2) is 5.78 Å². The zero-order chi connectivity index (χ0) is 19.4. The van der Waals surface area contributed by atoms with E-state index in [0.717, 1.165) is 57.5 Å². The minimum atomic E-state index is -0.251. The Bertz CT molecular complexity index is 1180. The highest BCUT2D eigenvalue weighted by atomic mass is 35.5. The van der Waals surface area contributed by atoms with Gasteiger partial charge in [-0.3, -0.25) is 9.78 Å². The van der Waals surface area contributed by atoms with E-state index in [9.17, 15) is 4.79 Å². The molecule has 0 fully saturated rings. The highest BCUT2D eigenvalue weighted by Crippen LogP contribution is 2.49. The summed E-state index contributed by atoms with van der Waals surface area (Å²) in [4.78, 5) is 17.7. The largest absolute Gasteiger partial charge is 0.358 e. The lowest BCUT2D eigenvalue weighted by Crippen LogP contribution is -2.27. The molecule has 1 unspecified atom stereocenters. The molecule has 0 bridgehead atoms. The summed E-state index contributed by atoms with van der Waals surface area (Å²) in [5, 5.41) is 5.56. The van der Waals surface area contributed by atoms with Crippen molar-refractivity contribution in [3.63, 3.8) is 0 Å². The Morgan fingerprint density at radius 1 is 1.07 bits per heavy atom. The number of benzene rings is 2. The van der Waals surface area contributed by atoms with Crippen molar-refractivity contribution in [2.24, 2.45) is 0 Å². The van der Waals surface area contributed by atoms with E-state index >= 15 is 0 Å². The van der Waals surface area contributed by atoms with Crippen molar-refractivity contribution in [2.45, 2.75) is 32.1 Å². The number of rotatable bonds is 1. The summed E-state index contributed by atoms with van der Waals surface area (Å²) in [6.45, 7) is 1.98. The Balaban J connectivity index is 1.87. The molecular weight excluding hydrogens is 391 g/mol. The van der Waals surface area contributed by atoms with E-state index in [4.69, 9.17) is 23.2 Å². The molecule has 1 aliphatic heterocycles. The number of carbonyl (C=O) groups is 1. The van der Waals surface area contributed by atoms with Gasteiger partial charge in [0.05, 0.1) is 15.6 Å². The molecular formula is C23H18Cl2N2O. The number of aromatic nitrogens is 1. The standard InChI is InChI=1S/C23H18Cl2N2O/c1-12-8-9-13-16(26-12)10-11-18-20(13)21(14-4-2-5-15(24)23(14)25)22-17(27-18)6-3-7-19(22)28/h2,4-5,8-11,21,27H,3,6-7H2,1H3. The Labute approximate surface area is 173 Å². The summed E-state index contributed by atoms with van der Waals surface area (Å²) in [7, 11) is 0. The van der Waals surface area contributed by atoms with Crippen LogP contribution in [-0.4, -0.2) is 10.8 Å². The van der Waals surface area contributed by atoms with Crippen LogP contribution in [0.3, 0.4) is 0 Å². The summed E-state index contributed by atoms with van der Waals surface area (Å²) in [6, 6.07) is 13.8. The second-order valence-corrected chi connectivity index (χ2v) is 8.20. The summed E-state index contributed by atoms with van der Waals surface area (Å²) >= 11 is 13.0. The number of aryl methyl sites for hydroxylation is 1. The summed E-state index contributed by atoms with van der Waals surface area (Å²) in [6.07, 6.45) is 2.29. The highest BCUT2D eigenvalue weighted by molar-refractivity contribution is 6.42. The van der Waals surface area contributed by atoms with E-state index in [0.29, 0.717) is 16.5 Å². The van der Waals surface area contributed by atoms with Crippen molar-refractivity contribution < 1.29 is 4.79 Å². The first-order chi connectivity index (χ1) is 13.5. The van der Waals surface area contributed by atoms with Gasteiger partial charge in [-0.05, 0) is 55.2 Å². The number of halogens is 2. The Kier molecular flexibility index (Phi) is 4.18. The van der Waals surface area contributed by atoms with Crippen LogP contribution < -0.4 is 5.32 Å². The van der Waals surface area contributed by atoms with Crippen molar-refractivity contribution in [3.8, 4) is 0 Å². The maximum atomic E-state index is 13.0. The fraction of sp³-hybridized carbons (Fsp3) is 0.217. The Morgan fingerprint density at radius 2 is 1.93 bits per heavy atom. The molecule has 1 aliphatic carbocycles. The van der Waals surface area contributed by atoms with Crippen LogP contribution >= 0.6 is 23.2 Å². The zero-order valence-corrected chi connectivity index (χ0v) is 16.9. The minimum Gasteiger partial charge on any atom is -0.358 e. The SMILES string of the molecule is Cc1ccc2c3c(ccc2n1)NC1=C(C(=O)CCC1)C3c1cccc(Cl)c1Cl. The smallest absolute Gasteiger partial charge is 0.161 e. The predicted molar refractivity (Wildman–Crippen MR) is 114 cm³/mol. The lowest BCUT2D eigenvalue weighted by atomic mass is 9.74. The monoisotopic (exact) mass is 408 g/mol. The summed E-state index contributed by atoms with van der Waals surface area (Å²) in [5.41, 5.74) is 6.61. The van der Waals surface area contributed by atoms with Crippen LogP contribution in [0.1, 0.15) is 42.0 Å². The molecule has 3 nitrogen and oxygen atoms in total. The lowest BCUT2D eigenvalue weighted by molar-refractivity contribution is -0.116. The van der Waals surface area contributed by atoms with Crippen LogP contribution in [0.4, 0.5) is 5.69 Å². The molecule has 0 spiro atoms. The third kappa shape index (κ3) is 2.65. The number of nitrogens with one attached hydrogen (secondary N) is 1. The number of hydrogen-bond donors (Lipinski definition) is 1. The second-order valence-electron chi connectivity index (χ2n) is 7.42. The summed E-state index contributed by atoms with van der Waals surface area (Å²) < 4.78 is 0. The lowest BCUT2D eigenvalue weighted by Gasteiger charge is -2.35. The average molecular weight is 409 g/mol. The quantitative estimate of drug-likeness (QED) is 0.505. The van der Waals surface area contributed by atoms with Gasteiger partial charge in [0, 0.05) is 40.4 Å². The first-order valence-electron chi connectivity index (χ1n) is 9.42. The number of nitrogens with zero attached hydrogens (tertiary/aromatic N) is 1. The van der Waals surface area contributed by atoms with Gasteiger partial charge in [0.1, 0.15) is 0 Å². The van der Waals surface area contributed by atoms with Crippen LogP contribution in [0.15, 0.2) is 53.7 Å². The van der Waals surface area contributed by atoms with Gasteiger partial charge in [-0.1, -0.05) is 41.4 Å². The molecule has 2 aliphatic rings. The van der Waals surface area contributed by atoms with Crippen molar-refractivity contribution in [3.05, 3.63) is 80.6 Å². The number of Topliss-reactive ketones (excluding diaryl/α,β-unsaturated/α-hetero) is 1. The average Bonchev–Trinajstić information content (AvgIpc) is 2.68. The molecule has 0 saturated heterocycles. The molecule has 1 atom stereocenters. The van der Waals surface area contributed by atoms with E-state index < -0.39 is 0 Å². The molecule has 28 heavy (non-hydrogen) atoms. The van der Waals surface area contributed by atoms with Crippen LogP contribution in [0.2, 0.25) is 10.0 Å². The third-order valence-corrected chi connectivity index (χ3v) is 6.50. The second kappa shape index (κ2) is 6.61. The molecule has 5 rings (SSSR count). The molecule has 0 saturated carbocycles. The molecule has 140 valence electrons. The number of allylic oxidation sites excluding steroid dienone is 2. The van der Waals surface area contributed by atoms with Gasteiger partial charge in [0.2, 0.25) is 0 Å². The van der Waals surface area contributed by atoms with E-state index in [2.05, 4.69) is 22.4 Å². The molecule has 2 aromatic carbocycles. The Hall–Kier alpha value is -2.36. The van der Waals surface area contributed by atoms with Gasteiger partial charge in [0.25, 0.3) is 0 Å². The molecule has 5 heteroatoms. The molecule has 3 aromatic rings. The van der Waals surface area contributed by atoms with Gasteiger partial charge in [-0.25, -0.2) is 0 Å². The highest BCUT2D eigenvalue weighted by Gasteiger charge is 2.37. The van der Waals surface area contributed by atoms with Gasteiger partial charge >= 0.3 is 0 Å². The number of ketones is 1. The van der Waals surface area contributed by atoms with Gasteiger partial charge < -0.3 is 5.32 Å². The van der Waals surface area contributed by atoms with Crippen molar-refractivity contribution >= 4 is 45.6 Å². The molecule has 0 radical (unpaired) electrons. The normalized spacial score (nSPS) is 18.7. The first-order valence-corrected chi connectivity index (χ1v) is 10.2. The van der Waals surface area contributed by atoms with Crippen molar-refractivity contribution in [2.75, 3.05) is 5.32 Å². The van der Waals surface area contributed by atoms with E-state index in [1.807, 2.05) is 31.2 Å². The fourth-order valence-electron chi connectivity index (χ4n) is 4.44. The van der Waals surface area contributed by atoms with Crippen LogP contribution in [-0.2, 0) is 4.79 Å². The third-order valence-electron chi connectivity index (χ3n) is 5.66. The van der Waals surface area contributed by atoms with Crippen molar-refractivity contribution in [1.82, 2.24) is 4.98 Å². The topological polar surface area (TPSA) is 42.0 Å². The molecule has 2 heterocycles. The molecule has 1 aromatic heterocycles. The van der Waals surface area contributed by atoms with E-state index in [1.54, 1.807) is 6.07 Å². The van der Waals surface area contributed by atoms with E-state index in [-0.39, 0.29) is 11.7 Å². The molecule has 1 N–H and O–H groups in total. The number of carbonyl (C=O) groups excluding carboxylic acids is 1. The maximum absolute atomic E-state index is 13.0. The zero-order valence-electron chi connectivity index (χ0n) is 15.4. The number of pyridine rings is 1. The molecule has 0 amide bonds. The van der Waals surface area contributed by atoms with Crippen LogP contribution in [0.25, 0.3) is 10.9 Å². The first kappa shape index (κ1) is 17.7. The number of hydrogen-bond acceptors (Lipinski definition) is 3. The number of anilines is 1. The maximum Gasteiger partial charge on any atom is 0.161 e. The van der Waals surface area contributed by atoms with Gasteiger partial charge in [-0.15, -0.1) is 0 Å². The predicted octanol–water partition coefficient (Wildman–Crippen LogP) is 6.41. The van der Waals surface area contributed by atoms with E-state index in [1.165, 1.54) is 0 Å². The van der Waals surface area contributed by atoms with Crippen molar-refractivity contribution in [1.29, 1.82) is 0 Å². The van der Waals surface area contributed by atoms with Crippen LogP contribution in [0.5, 0.6) is 0 Å². The minimum absolute atomic E-state index is 0.178. The Morgan fingerprint density at radius 3 is 2.79 bits per heavy atom. The summed E-state index contributed by atoms with van der Waals surface area (Å²) in [5.74, 6) is -0.0732.